The fourth-order valence-corrected chi connectivity index (χ4v) is 1.93. The Labute approximate surface area is 119 Å². The van der Waals surface area contributed by atoms with Crippen LogP contribution >= 0.6 is 0 Å². The molecule has 3 N–H and O–H groups in total. The summed E-state index contributed by atoms with van der Waals surface area (Å²) in [6, 6.07) is 3.35. The first-order valence-electron chi connectivity index (χ1n) is 6.43. The second-order valence-electron chi connectivity index (χ2n) is 5.84. The summed E-state index contributed by atoms with van der Waals surface area (Å²) in [4.78, 5) is 11.3. The van der Waals surface area contributed by atoms with Gasteiger partial charge in [-0.15, -0.1) is 0 Å². The minimum absolute atomic E-state index is 0.0601. The van der Waals surface area contributed by atoms with Crippen molar-refractivity contribution in [1.29, 1.82) is 0 Å². The van der Waals surface area contributed by atoms with E-state index in [1.54, 1.807) is 32.9 Å². The van der Waals surface area contributed by atoms with E-state index in [0.717, 1.165) is 5.56 Å². The van der Waals surface area contributed by atoms with Gasteiger partial charge in [0.05, 0.1) is 12.2 Å². The number of rotatable bonds is 6. The van der Waals surface area contributed by atoms with Gasteiger partial charge in [-0.05, 0) is 24.9 Å². The van der Waals surface area contributed by atoms with Crippen LogP contribution in [0.1, 0.15) is 35.3 Å². The summed E-state index contributed by atoms with van der Waals surface area (Å²) >= 11 is 0. The topological polar surface area (TPSA) is 87.0 Å². The third-order valence-corrected chi connectivity index (χ3v) is 3.05. The van der Waals surface area contributed by atoms with Gasteiger partial charge < -0.3 is 19.9 Å². The third-order valence-electron chi connectivity index (χ3n) is 3.05. The summed E-state index contributed by atoms with van der Waals surface area (Å²) in [5, 5.41) is 28.5. The SMILES string of the molecule is Cc1cc(C)c(C(=O)O)c(B(O)OCC(C)(C)CO)c1. The van der Waals surface area contributed by atoms with Crippen LogP contribution in [0.15, 0.2) is 12.1 Å². The molecule has 0 unspecified atom stereocenters. The molecule has 0 spiro atoms. The minimum Gasteiger partial charge on any atom is -0.478 e. The Kier molecular flexibility index (Phi) is 5.33. The van der Waals surface area contributed by atoms with Crippen LogP contribution in [0.25, 0.3) is 0 Å². The van der Waals surface area contributed by atoms with Crippen LogP contribution in [0.5, 0.6) is 0 Å². The van der Waals surface area contributed by atoms with E-state index < -0.39 is 18.5 Å². The molecule has 0 aromatic heterocycles. The molecule has 1 aromatic carbocycles. The molecule has 0 bridgehead atoms. The van der Waals surface area contributed by atoms with Crippen LogP contribution in [-0.2, 0) is 4.65 Å². The molecule has 0 saturated carbocycles. The maximum Gasteiger partial charge on any atom is 0.492 e. The zero-order valence-electron chi connectivity index (χ0n) is 12.3. The second kappa shape index (κ2) is 6.39. The van der Waals surface area contributed by atoms with E-state index in [-0.39, 0.29) is 24.2 Å². The van der Waals surface area contributed by atoms with Crippen LogP contribution in [-0.4, -0.2) is 41.5 Å². The number of benzene rings is 1. The lowest BCUT2D eigenvalue weighted by atomic mass is 9.74. The molecular weight excluding hydrogens is 259 g/mol. The van der Waals surface area contributed by atoms with Gasteiger partial charge >= 0.3 is 13.1 Å². The van der Waals surface area contributed by atoms with E-state index >= 15 is 0 Å². The van der Waals surface area contributed by atoms with Gasteiger partial charge in [-0.25, -0.2) is 4.79 Å². The van der Waals surface area contributed by atoms with Crippen molar-refractivity contribution in [1.82, 2.24) is 0 Å². The maximum absolute atomic E-state index is 11.3. The summed E-state index contributed by atoms with van der Waals surface area (Å²) in [6.07, 6.45) is 0. The summed E-state index contributed by atoms with van der Waals surface area (Å²) < 4.78 is 5.32. The predicted octanol–water partition coefficient (Wildman–Crippen LogP) is 0.724. The summed E-state index contributed by atoms with van der Waals surface area (Å²) in [5.74, 6) is -1.10. The molecule has 0 aliphatic carbocycles. The van der Waals surface area contributed by atoms with Crippen molar-refractivity contribution in [2.45, 2.75) is 27.7 Å². The van der Waals surface area contributed by atoms with Crippen LogP contribution in [0, 0.1) is 19.3 Å². The van der Waals surface area contributed by atoms with E-state index in [9.17, 15) is 14.9 Å². The average Bonchev–Trinajstić information content (AvgIpc) is 2.34. The second-order valence-corrected chi connectivity index (χ2v) is 5.84. The fraction of sp³-hybridized carbons (Fsp3) is 0.500. The Bertz CT molecular complexity index is 499. The molecule has 1 rings (SSSR count). The molecule has 110 valence electrons. The van der Waals surface area contributed by atoms with Crippen molar-refractivity contribution < 1.29 is 24.7 Å². The lowest BCUT2D eigenvalue weighted by Gasteiger charge is -2.23. The van der Waals surface area contributed by atoms with Crippen molar-refractivity contribution in [3.8, 4) is 0 Å². The van der Waals surface area contributed by atoms with E-state index in [1.807, 2.05) is 6.92 Å². The number of hydrogen-bond acceptors (Lipinski definition) is 4. The molecule has 0 saturated heterocycles. The maximum atomic E-state index is 11.3. The fourth-order valence-electron chi connectivity index (χ4n) is 1.93. The first-order chi connectivity index (χ1) is 9.18. The van der Waals surface area contributed by atoms with Crippen LogP contribution in [0.3, 0.4) is 0 Å². The number of aliphatic hydroxyl groups excluding tert-OH is 1. The Morgan fingerprint density at radius 1 is 1.35 bits per heavy atom. The molecule has 5 nitrogen and oxygen atoms in total. The van der Waals surface area contributed by atoms with Crippen LogP contribution in [0.2, 0.25) is 0 Å². The van der Waals surface area contributed by atoms with Crippen molar-refractivity contribution in [2.75, 3.05) is 13.2 Å². The lowest BCUT2D eigenvalue weighted by molar-refractivity contribution is 0.0695. The predicted molar refractivity (Wildman–Crippen MR) is 77.3 cm³/mol. The van der Waals surface area contributed by atoms with Gasteiger partial charge in [0.25, 0.3) is 0 Å². The number of carboxylic acid groups (broad SMARTS) is 1. The molecule has 6 heteroatoms. The molecule has 20 heavy (non-hydrogen) atoms. The number of aliphatic hydroxyl groups is 1. The van der Waals surface area contributed by atoms with Crippen molar-refractivity contribution >= 4 is 18.6 Å². The highest BCUT2D eigenvalue weighted by molar-refractivity contribution is 6.61. The third kappa shape index (κ3) is 4.06. The number of aryl methyl sites for hydroxylation is 2. The summed E-state index contributed by atoms with van der Waals surface area (Å²) in [7, 11) is -1.33. The molecule has 1 aromatic rings. The highest BCUT2D eigenvalue weighted by Gasteiger charge is 2.28. The molecule has 0 amide bonds. The molecule has 0 aliphatic heterocycles. The molecule has 0 heterocycles. The van der Waals surface area contributed by atoms with E-state index in [0.29, 0.717) is 5.56 Å². The first-order valence-corrected chi connectivity index (χ1v) is 6.43. The van der Waals surface area contributed by atoms with Gasteiger partial charge in [0, 0.05) is 12.0 Å². The zero-order valence-corrected chi connectivity index (χ0v) is 12.3. The molecule has 0 fully saturated rings. The van der Waals surface area contributed by atoms with Gasteiger partial charge in [-0.3, -0.25) is 0 Å². The molecular formula is C14H21BO5. The summed E-state index contributed by atoms with van der Waals surface area (Å²) in [5.41, 5.74) is 1.24. The Morgan fingerprint density at radius 2 is 1.95 bits per heavy atom. The number of carboxylic acids is 1. The number of aromatic carboxylic acids is 1. The molecule has 0 radical (unpaired) electrons. The Morgan fingerprint density at radius 3 is 2.45 bits per heavy atom. The van der Waals surface area contributed by atoms with Crippen LogP contribution in [0.4, 0.5) is 0 Å². The number of carbonyl (C=O) groups is 1. The molecule has 0 atom stereocenters. The van der Waals surface area contributed by atoms with Crippen molar-refractivity contribution in [3.05, 3.63) is 28.8 Å². The Balaban J connectivity index is 3.03. The van der Waals surface area contributed by atoms with Gasteiger partial charge in [0.15, 0.2) is 0 Å². The van der Waals surface area contributed by atoms with Gasteiger partial charge in [-0.1, -0.05) is 31.5 Å². The number of hydrogen-bond donors (Lipinski definition) is 3. The van der Waals surface area contributed by atoms with E-state index in [2.05, 4.69) is 0 Å². The van der Waals surface area contributed by atoms with E-state index in [1.165, 1.54) is 0 Å². The molecule has 0 aliphatic rings. The van der Waals surface area contributed by atoms with Crippen molar-refractivity contribution in [2.24, 2.45) is 5.41 Å². The quantitative estimate of drug-likeness (QED) is 0.668. The van der Waals surface area contributed by atoms with Crippen LogP contribution < -0.4 is 5.46 Å². The highest BCUT2D eigenvalue weighted by Crippen LogP contribution is 2.15. The van der Waals surface area contributed by atoms with E-state index in [4.69, 9.17) is 9.76 Å². The zero-order chi connectivity index (χ0) is 15.5. The largest absolute Gasteiger partial charge is 0.492 e. The standard InChI is InChI=1S/C14H21BO5/c1-9-5-10(2)12(13(17)18)11(6-9)15(19)20-8-14(3,4)7-16/h5-6,16,19H,7-8H2,1-4H3,(H,17,18). The van der Waals surface area contributed by atoms with Gasteiger partial charge in [0.1, 0.15) is 0 Å². The average molecular weight is 280 g/mol. The minimum atomic E-state index is -1.33. The Hall–Kier alpha value is -1.37. The lowest BCUT2D eigenvalue weighted by Crippen LogP contribution is -2.41. The normalized spacial score (nSPS) is 11.5. The van der Waals surface area contributed by atoms with Gasteiger partial charge in [-0.2, -0.15) is 0 Å². The smallest absolute Gasteiger partial charge is 0.478 e. The monoisotopic (exact) mass is 280 g/mol. The highest BCUT2D eigenvalue weighted by atomic mass is 16.5. The van der Waals surface area contributed by atoms with Crippen molar-refractivity contribution in [3.63, 3.8) is 0 Å². The summed E-state index contributed by atoms with van der Waals surface area (Å²) in [6.45, 7) is 7.13. The van der Waals surface area contributed by atoms with Gasteiger partial charge in [0.2, 0.25) is 0 Å². The first kappa shape index (κ1) is 16.7.